The quantitative estimate of drug-likeness (QED) is 0.723. The Labute approximate surface area is 162 Å². The van der Waals surface area contributed by atoms with Crippen LogP contribution < -0.4 is 10.6 Å². The summed E-state index contributed by atoms with van der Waals surface area (Å²) in [6, 6.07) is 9.50. The highest BCUT2D eigenvalue weighted by Crippen LogP contribution is 2.31. The zero-order valence-electron chi connectivity index (χ0n) is 15.5. The van der Waals surface area contributed by atoms with Gasteiger partial charge in [-0.15, -0.1) is 11.3 Å². The van der Waals surface area contributed by atoms with Gasteiger partial charge < -0.3 is 5.32 Å². The Morgan fingerprint density at radius 2 is 1.96 bits per heavy atom. The van der Waals surface area contributed by atoms with Gasteiger partial charge in [0.05, 0.1) is 11.4 Å². The Hall–Kier alpha value is -2.51. The van der Waals surface area contributed by atoms with Crippen molar-refractivity contribution < 1.29 is 4.79 Å². The van der Waals surface area contributed by atoms with Gasteiger partial charge in [0.25, 0.3) is 5.91 Å². The van der Waals surface area contributed by atoms with Gasteiger partial charge >= 0.3 is 0 Å². The number of aromatic nitrogens is 3. The Morgan fingerprint density at radius 1 is 1.22 bits per heavy atom. The van der Waals surface area contributed by atoms with Crippen LogP contribution in [0.15, 0.2) is 36.5 Å². The van der Waals surface area contributed by atoms with Crippen molar-refractivity contribution in [2.24, 2.45) is 0 Å². The maximum atomic E-state index is 12.5. The average molecular weight is 382 g/mol. The van der Waals surface area contributed by atoms with Crippen molar-refractivity contribution >= 4 is 22.4 Å². The highest BCUT2D eigenvalue weighted by Gasteiger charge is 2.18. The molecule has 0 bridgehead atoms. The zero-order chi connectivity index (χ0) is 18.8. The Kier molecular flexibility index (Phi) is 5.05. The predicted molar refractivity (Wildman–Crippen MR) is 108 cm³/mol. The molecule has 3 aromatic rings. The second kappa shape index (κ2) is 7.62. The van der Waals surface area contributed by atoms with Crippen molar-refractivity contribution in [2.75, 3.05) is 18.4 Å². The number of hydrogen-bond donors (Lipinski definition) is 2. The summed E-state index contributed by atoms with van der Waals surface area (Å²) < 4.78 is 1.88. The molecule has 27 heavy (non-hydrogen) atoms. The molecule has 2 N–H and O–H groups in total. The number of carbonyl (C=O) groups is 1. The monoisotopic (exact) mass is 381 g/mol. The highest BCUT2D eigenvalue weighted by atomic mass is 32.1. The minimum atomic E-state index is -0.138. The van der Waals surface area contributed by atoms with E-state index in [1.807, 2.05) is 55.1 Å². The molecule has 0 radical (unpaired) electrons. The first-order valence-corrected chi connectivity index (χ1v) is 10.0. The van der Waals surface area contributed by atoms with E-state index in [0.29, 0.717) is 16.6 Å². The maximum absolute atomic E-state index is 12.5. The van der Waals surface area contributed by atoms with Gasteiger partial charge in [0.15, 0.2) is 5.13 Å². The predicted octanol–water partition coefficient (Wildman–Crippen LogP) is 3.66. The van der Waals surface area contributed by atoms with Gasteiger partial charge in [-0.05, 0) is 76.0 Å². The van der Waals surface area contributed by atoms with Gasteiger partial charge in [-0.3, -0.25) is 10.1 Å². The molecule has 4 rings (SSSR count). The van der Waals surface area contributed by atoms with Crippen molar-refractivity contribution in [1.82, 2.24) is 20.1 Å². The lowest BCUT2D eigenvalue weighted by molar-refractivity contribution is 0.102. The summed E-state index contributed by atoms with van der Waals surface area (Å²) >= 11 is 1.58. The molecule has 140 valence electrons. The zero-order valence-corrected chi connectivity index (χ0v) is 16.3. The summed E-state index contributed by atoms with van der Waals surface area (Å²) in [6.07, 6.45) is 4.16. The first-order chi connectivity index (χ1) is 13.1. The standard InChI is InChI=1S/C20H23N5OS/c1-13-11-14(2)25(24-13)17-5-3-16(4-6-17)19(26)23-20-22-12-18(27-20)15-7-9-21-10-8-15/h3-6,11-12,15,21H,7-10H2,1-2H3,(H,22,23,26). The summed E-state index contributed by atoms with van der Waals surface area (Å²) in [7, 11) is 0. The number of nitrogens with one attached hydrogen (secondary N) is 2. The van der Waals surface area contributed by atoms with Gasteiger partial charge in [0.1, 0.15) is 0 Å². The van der Waals surface area contributed by atoms with Gasteiger partial charge in [-0.2, -0.15) is 5.10 Å². The van der Waals surface area contributed by atoms with Gasteiger partial charge in [-0.25, -0.2) is 9.67 Å². The molecule has 1 amide bonds. The number of hydrogen-bond acceptors (Lipinski definition) is 5. The lowest BCUT2D eigenvalue weighted by atomic mass is 9.97. The van der Waals surface area contributed by atoms with Crippen molar-refractivity contribution in [2.45, 2.75) is 32.6 Å². The van der Waals surface area contributed by atoms with Crippen LogP contribution in [0.1, 0.15) is 45.4 Å². The lowest BCUT2D eigenvalue weighted by Gasteiger charge is -2.20. The molecular formula is C20H23N5OS. The van der Waals surface area contributed by atoms with Crippen LogP contribution in [-0.4, -0.2) is 33.8 Å². The molecule has 0 saturated carbocycles. The summed E-state index contributed by atoms with van der Waals surface area (Å²) in [4.78, 5) is 18.2. The fraction of sp³-hybridized carbons (Fsp3) is 0.350. The number of rotatable bonds is 4. The molecule has 1 aliphatic rings. The molecule has 0 spiro atoms. The van der Waals surface area contributed by atoms with Crippen molar-refractivity contribution in [1.29, 1.82) is 0 Å². The number of piperidine rings is 1. The normalized spacial score (nSPS) is 15.0. The van der Waals surface area contributed by atoms with Crippen LogP contribution in [0.2, 0.25) is 0 Å². The van der Waals surface area contributed by atoms with Crippen LogP contribution in [0, 0.1) is 13.8 Å². The average Bonchev–Trinajstić information content (AvgIpc) is 3.28. The summed E-state index contributed by atoms with van der Waals surface area (Å²) in [5.74, 6) is 0.413. The number of thiazole rings is 1. The minimum absolute atomic E-state index is 0.138. The van der Waals surface area contributed by atoms with E-state index in [1.165, 1.54) is 4.88 Å². The van der Waals surface area contributed by atoms with Gasteiger partial charge in [0.2, 0.25) is 0 Å². The van der Waals surface area contributed by atoms with Crippen molar-refractivity contribution in [3.63, 3.8) is 0 Å². The third-order valence-electron chi connectivity index (χ3n) is 4.87. The number of carbonyl (C=O) groups excluding carboxylic acids is 1. The van der Waals surface area contributed by atoms with E-state index in [9.17, 15) is 4.79 Å². The van der Waals surface area contributed by atoms with Crippen molar-refractivity contribution in [3.05, 3.63) is 58.4 Å². The molecule has 7 heteroatoms. The number of amides is 1. The molecule has 0 aliphatic carbocycles. The van der Waals surface area contributed by atoms with E-state index in [2.05, 4.69) is 20.7 Å². The number of nitrogens with zero attached hydrogens (tertiary/aromatic N) is 3. The molecule has 1 saturated heterocycles. The third kappa shape index (κ3) is 3.94. The fourth-order valence-electron chi connectivity index (χ4n) is 3.45. The summed E-state index contributed by atoms with van der Waals surface area (Å²) in [6.45, 7) is 6.08. The van der Waals surface area contributed by atoms with E-state index in [1.54, 1.807) is 11.3 Å². The number of benzene rings is 1. The van der Waals surface area contributed by atoms with E-state index < -0.39 is 0 Å². The summed E-state index contributed by atoms with van der Waals surface area (Å²) in [5, 5.41) is 11.4. The molecule has 2 aromatic heterocycles. The SMILES string of the molecule is Cc1cc(C)n(-c2ccc(C(=O)Nc3ncc(C4CCNCC4)s3)cc2)n1. The van der Waals surface area contributed by atoms with Crippen LogP contribution >= 0.6 is 11.3 Å². The Morgan fingerprint density at radius 3 is 2.63 bits per heavy atom. The Bertz CT molecular complexity index is 938. The van der Waals surface area contributed by atoms with E-state index in [0.717, 1.165) is 43.0 Å². The molecule has 0 atom stereocenters. The molecule has 1 aliphatic heterocycles. The van der Waals surface area contributed by atoms with E-state index in [4.69, 9.17) is 0 Å². The lowest BCUT2D eigenvalue weighted by Crippen LogP contribution is -2.26. The largest absolute Gasteiger partial charge is 0.317 e. The fourth-order valence-corrected chi connectivity index (χ4v) is 4.43. The van der Waals surface area contributed by atoms with Crippen LogP contribution in [-0.2, 0) is 0 Å². The van der Waals surface area contributed by atoms with Crippen LogP contribution in [0.5, 0.6) is 0 Å². The minimum Gasteiger partial charge on any atom is -0.317 e. The second-order valence-corrected chi connectivity index (χ2v) is 7.99. The molecule has 0 unspecified atom stereocenters. The van der Waals surface area contributed by atoms with Gasteiger partial charge in [-0.1, -0.05) is 0 Å². The van der Waals surface area contributed by atoms with Crippen LogP contribution in [0.4, 0.5) is 5.13 Å². The Balaban J connectivity index is 1.44. The molecule has 3 heterocycles. The number of anilines is 1. The first kappa shape index (κ1) is 17.9. The van der Waals surface area contributed by atoms with E-state index in [-0.39, 0.29) is 5.91 Å². The topological polar surface area (TPSA) is 71.8 Å². The molecule has 1 aromatic carbocycles. The summed E-state index contributed by atoms with van der Waals surface area (Å²) in [5.41, 5.74) is 3.60. The second-order valence-electron chi connectivity index (χ2n) is 6.93. The van der Waals surface area contributed by atoms with Crippen LogP contribution in [0.3, 0.4) is 0 Å². The van der Waals surface area contributed by atoms with E-state index >= 15 is 0 Å². The van der Waals surface area contributed by atoms with Crippen molar-refractivity contribution in [3.8, 4) is 5.69 Å². The molecular weight excluding hydrogens is 358 g/mol. The highest BCUT2D eigenvalue weighted by molar-refractivity contribution is 7.15. The van der Waals surface area contributed by atoms with Crippen LogP contribution in [0.25, 0.3) is 5.69 Å². The first-order valence-electron chi connectivity index (χ1n) is 9.21. The molecule has 1 fully saturated rings. The maximum Gasteiger partial charge on any atom is 0.257 e. The smallest absolute Gasteiger partial charge is 0.257 e. The third-order valence-corrected chi connectivity index (χ3v) is 5.94. The molecule has 6 nitrogen and oxygen atoms in total. The number of aryl methyl sites for hydroxylation is 2. The van der Waals surface area contributed by atoms with Gasteiger partial charge in [0, 0.05) is 22.3 Å².